The zero-order valence-electron chi connectivity index (χ0n) is 72.7. The van der Waals surface area contributed by atoms with E-state index >= 15 is 0 Å². The maximum Gasteiger partial charge on any atom is 0.160 e. The second kappa shape index (κ2) is 29.2. The quantitative estimate of drug-likeness (QED) is 0.112. The molecule has 0 aliphatic heterocycles. The van der Waals surface area contributed by atoms with Crippen molar-refractivity contribution in [3.63, 3.8) is 0 Å². The zero-order valence-corrected chi connectivity index (χ0v) is 72.7. The summed E-state index contributed by atoms with van der Waals surface area (Å²) in [4.78, 5) is 9.67. The Morgan fingerprint density at radius 2 is 0.455 bits per heavy atom. The zero-order chi connectivity index (χ0) is 87.2. The van der Waals surface area contributed by atoms with E-state index in [4.69, 9.17) is 17.7 Å². The van der Waals surface area contributed by atoms with Crippen LogP contribution in [0.2, 0.25) is 0 Å². The summed E-state index contributed by atoms with van der Waals surface area (Å²) in [7, 11) is 0. The van der Waals surface area contributed by atoms with E-state index in [2.05, 4.69) is 460 Å². The van der Waals surface area contributed by atoms with E-state index in [0.717, 1.165) is 189 Å². The average Bonchev–Trinajstić information content (AvgIpc) is 1.60. The van der Waals surface area contributed by atoms with Gasteiger partial charge in [-0.3, -0.25) is 0 Å². The van der Waals surface area contributed by atoms with E-state index < -0.39 is 0 Å². The van der Waals surface area contributed by atoms with Crippen LogP contribution in [0.15, 0.2) is 430 Å². The van der Waals surface area contributed by atoms with Gasteiger partial charge in [-0.25, -0.2) is 0 Å². The number of hydrogen-bond acceptors (Lipinski definition) is 8. The van der Waals surface area contributed by atoms with Gasteiger partial charge in [0.05, 0.1) is 45.5 Å². The first-order valence-electron chi connectivity index (χ1n) is 45.3. The van der Waals surface area contributed by atoms with Crippen LogP contribution in [0.5, 0.6) is 0 Å². The molecule has 8 nitrogen and oxygen atoms in total. The summed E-state index contributed by atoms with van der Waals surface area (Å²) in [5.74, 6) is 0. The van der Waals surface area contributed by atoms with Crippen LogP contribution in [0.4, 0.5) is 68.2 Å². The van der Waals surface area contributed by atoms with Gasteiger partial charge in [0.1, 0.15) is 22.3 Å². The van der Waals surface area contributed by atoms with E-state index in [1.54, 1.807) is 0 Å². The van der Waals surface area contributed by atoms with E-state index in [1.165, 1.54) is 97.3 Å². The van der Waals surface area contributed by atoms with Crippen molar-refractivity contribution in [2.24, 2.45) is 0 Å². The topological polar surface area (TPSA) is 65.5 Å². The SMILES string of the molecule is Cc1c(N(c2ccccc2)c2ccc3ccc4c(N(c5ccccc5)c5c(C)c6ccccc6c6c5oc5ccccc56)ccc5ccc2c3c54)c2oc3ccccc3c2c2ccccc12.Cc1cccc(N(c2ccc3ccc4c(N(c5cccc(C)c5)c5cccc6c5oc5ccc7ccccc7c56)ccc5ccc2c3c54)c2cccc3c2oc2ccc4ccccc4c23)c1. The van der Waals surface area contributed by atoms with Crippen LogP contribution in [0.3, 0.4) is 0 Å². The van der Waals surface area contributed by atoms with Crippen LogP contribution >= 0.6 is 0 Å². The van der Waals surface area contributed by atoms with Gasteiger partial charge >= 0.3 is 0 Å². The normalized spacial score (nSPS) is 12.1. The van der Waals surface area contributed by atoms with Crippen LogP contribution in [0, 0.1) is 27.7 Å². The lowest BCUT2D eigenvalue weighted by molar-refractivity contribution is 0.668. The van der Waals surface area contributed by atoms with Crippen molar-refractivity contribution in [3.05, 3.63) is 435 Å². The first-order valence-corrected chi connectivity index (χ1v) is 45.3. The summed E-state index contributed by atoms with van der Waals surface area (Å²) in [6.45, 7) is 8.81. The number of hydrogen-bond donors (Lipinski definition) is 0. The highest BCUT2D eigenvalue weighted by atomic mass is 16.3. The lowest BCUT2D eigenvalue weighted by atomic mass is 9.91. The molecule has 0 spiro atoms. The first-order chi connectivity index (χ1) is 65.2. The third-order valence-corrected chi connectivity index (χ3v) is 27.9. The van der Waals surface area contributed by atoms with Gasteiger partial charge in [0.15, 0.2) is 22.3 Å². The summed E-state index contributed by atoms with van der Waals surface area (Å²) in [6, 6.07) is 149. The summed E-state index contributed by atoms with van der Waals surface area (Å²) >= 11 is 0. The van der Waals surface area contributed by atoms with Gasteiger partial charge in [0.25, 0.3) is 0 Å². The fraction of sp³-hybridized carbons (Fsp3) is 0.0323. The molecule has 0 fully saturated rings. The molecule has 620 valence electrons. The molecule has 0 saturated heterocycles. The molecule has 0 aliphatic rings. The summed E-state index contributed by atoms with van der Waals surface area (Å²) < 4.78 is 27.8. The number of benzene rings is 24. The van der Waals surface area contributed by atoms with E-state index in [9.17, 15) is 0 Å². The van der Waals surface area contributed by atoms with Gasteiger partial charge in [-0.2, -0.15) is 0 Å². The Kier molecular flexibility index (Phi) is 16.6. The fourth-order valence-electron chi connectivity index (χ4n) is 22.2. The van der Waals surface area contributed by atoms with Crippen LogP contribution in [-0.2, 0) is 0 Å². The van der Waals surface area contributed by atoms with Crippen LogP contribution < -0.4 is 19.6 Å². The molecular formula is C124H80N4O4. The first kappa shape index (κ1) is 75.0. The predicted molar refractivity (Wildman–Crippen MR) is 557 cm³/mol. The second-order valence-corrected chi connectivity index (χ2v) is 35.3. The maximum atomic E-state index is 6.98. The number of aryl methyl sites for hydroxylation is 4. The van der Waals surface area contributed by atoms with Gasteiger partial charge in [-0.1, -0.05) is 303 Å². The van der Waals surface area contributed by atoms with Gasteiger partial charge in [-0.05, 0) is 245 Å². The van der Waals surface area contributed by atoms with Crippen LogP contribution in [-0.4, -0.2) is 0 Å². The Hall–Kier alpha value is -17.2. The van der Waals surface area contributed by atoms with E-state index in [1.807, 2.05) is 0 Å². The van der Waals surface area contributed by atoms with E-state index in [-0.39, 0.29) is 0 Å². The van der Waals surface area contributed by atoms with Crippen molar-refractivity contribution in [3.8, 4) is 0 Å². The number of fused-ring (bicyclic) bond motifs is 20. The molecule has 28 aromatic rings. The molecule has 0 amide bonds. The number of anilines is 12. The van der Waals surface area contributed by atoms with Gasteiger partial charge < -0.3 is 37.3 Å². The molecule has 0 bridgehead atoms. The van der Waals surface area contributed by atoms with Gasteiger partial charge in [0.2, 0.25) is 0 Å². The molecule has 0 saturated carbocycles. The average molecular weight is 1690 g/mol. The highest BCUT2D eigenvalue weighted by Gasteiger charge is 2.33. The molecule has 0 radical (unpaired) electrons. The minimum atomic E-state index is 0.861. The van der Waals surface area contributed by atoms with Crippen molar-refractivity contribution < 1.29 is 17.7 Å². The highest BCUT2D eigenvalue weighted by molar-refractivity contribution is 6.34. The number of nitrogens with zero attached hydrogens (tertiary/aromatic N) is 4. The molecule has 0 aliphatic carbocycles. The fourth-order valence-corrected chi connectivity index (χ4v) is 22.2. The Morgan fingerprint density at radius 3 is 0.841 bits per heavy atom. The highest BCUT2D eigenvalue weighted by Crippen LogP contribution is 2.57. The Labute approximate surface area is 758 Å². The van der Waals surface area contributed by atoms with Gasteiger partial charge in [-0.15, -0.1) is 0 Å². The molecule has 24 aromatic carbocycles. The van der Waals surface area contributed by atoms with Crippen LogP contribution in [0.1, 0.15) is 22.3 Å². The summed E-state index contributed by atoms with van der Waals surface area (Å²) in [5.41, 5.74) is 24.4. The Morgan fingerprint density at radius 1 is 0.159 bits per heavy atom. The lowest BCUT2D eigenvalue weighted by Gasteiger charge is -2.31. The molecule has 0 atom stereocenters. The molecule has 0 N–H and O–H groups in total. The van der Waals surface area contributed by atoms with Crippen molar-refractivity contribution in [2.45, 2.75) is 27.7 Å². The Bertz CT molecular complexity index is 9100. The molecule has 8 heteroatoms. The second-order valence-electron chi connectivity index (χ2n) is 35.3. The van der Waals surface area contributed by atoms with Crippen LogP contribution in [0.25, 0.3) is 195 Å². The number of rotatable bonds is 12. The van der Waals surface area contributed by atoms with E-state index in [0.29, 0.717) is 0 Å². The maximum absolute atomic E-state index is 6.98. The van der Waals surface area contributed by atoms with Crippen molar-refractivity contribution in [2.75, 3.05) is 19.6 Å². The molecule has 28 rings (SSSR count). The lowest BCUT2D eigenvalue weighted by Crippen LogP contribution is -2.13. The molecule has 0 unspecified atom stereocenters. The largest absolute Gasteiger partial charge is 0.454 e. The Balaban J connectivity index is 0.000000135. The minimum absolute atomic E-state index is 0.861. The minimum Gasteiger partial charge on any atom is -0.454 e. The van der Waals surface area contributed by atoms with Gasteiger partial charge in [0, 0.05) is 87.4 Å². The molecular weight excluding hydrogens is 1610 g/mol. The number of para-hydroxylation sites is 6. The predicted octanol–water partition coefficient (Wildman–Crippen LogP) is 36.5. The van der Waals surface area contributed by atoms with Crippen molar-refractivity contribution in [1.29, 1.82) is 0 Å². The molecule has 4 aromatic heterocycles. The molecule has 4 heterocycles. The third-order valence-electron chi connectivity index (χ3n) is 27.9. The third kappa shape index (κ3) is 11.2. The summed E-state index contributed by atoms with van der Waals surface area (Å²) in [6.07, 6.45) is 0. The number of furan rings is 4. The monoisotopic (exact) mass is 1690 g/mol. The molecule has 132 heavy (non-hydrogen) atoms. The smallest absolute Gasteiger partial charge is 0.160 e. The summed E-state index contributed by atoms with van der Waals surface area (Å²) in [5, 5.41) is 32.9. The van der Waals surface area contributed by atoms with Crippen molar-refractivity contribution in [1.82, 2.24) is 0 Å². The standard InChI is InChI=1S/2C62H40N2O2/c1-37-11-7-15-43(35-37)63(53-21-9-19-49-59-45-17-5-3-13-39(45)27-33-55(59)65-61(49)53)51-31-25-41-24-30-48-52(32-26-42-23-29-47(51)57(41)58(42)48)64(44-16-8-12-38(2)36-44)54-22-10-20-50-60-46-18-6-4-14-40(46)28-34-56(60)66-62(50)54;1-37-43-21-9-11-23-45(43)57-49-25-13-15-27-53(49)65-61(57)59(37)63(41-17-5-3-6-18-41)51-35-31-39-30-34-48-52(36-32-40-29-33-47(51)55(39)56(40)48)64(42-19-7-4-8-20-42)60-38(2)44-22-10-12-24-46(44)58-50-26-14-16-28-54(50)66-62(58)60/h2*3-36H,1-2H3. The van der Waals surface area contributed by atoms with Crippen molar-refractivity contribution >= 4 is 264 Å².